The normalized spacial score (nSPS) is 24.3. The van der Waals surface area contributed by atoms with Crippen LogP contribution in [0, 0.1) is 11.8 Å². The zero-order chi connectivity index (χ0) is 19.8. The van der Waals surface area contributed by atoms with E-state index in [4.69, 9.17) is 9.47 Å². The lowest BCUT2D eigenvalue weighted by Crippen LogP contribution is -2.34. The highest BCUT2D eigenvalue weighted by Gasteiger charge is 2.54. The monoisotopic (exact) mass is 379 g/mol. The van der Waals surface area contributed by atoms with Crippen LogP contribution in [0.4, 0.5) is 5.69 Å². The number of ether oxygens (including phenoxy) is 2. The first kappa shape index (κ1) is 18.2. The molecule has 1 aliphatic heterocycles. The van der Waals surface area contributed by atoms with Gasteiger partial charge in [0.2, 0.25) is 11.8 Å². The van der Waals surface area contributed by atoms with E-state index in [2.05, 4.69) is 0 Å². The Kier molecular flexibility index (Phi) is 4.63. The smallest absolute Gasteiger partial charge is 0.238 e. The Balaban J connectivity index is 1.75. The maximum atomic E-state index is 13.3. The summed E-state index contributed by atoms with van der Waals surface area (Å²) >= 11 is 0. The number of imide groups is 1. The molecule has 1 aliphatic carbocycles. The summed E-state index contributed by atoms with van der Waals surface area (Å²) in [6.45, 7) is 0. The number of Topliss-reactive ketones (excluding diaryl/α,β-unsaturated/α-hetero) is 1. The van der Waals surface area contributed by atoms with Gasteiger partial charge in [-0.05, 0) is 29.8 Å². The molecule has 0 N–H and O–H groups in total. The van der Waals surface area contributed by atoms with Gasteiger partial charge in [-0.2, -0.15) is 0 Å². The highest BCUT2D eigenvalue weighted by molar-refractivity contribution is 6.23. The number of hydrogen-bond donors (Lipinski definition) is 0. The first-order chi connectivity index (χ1) is 13.5. The highest BCUT2D eigenvalue weighted by atomic mass is 16.5. The summed E-state index contributed by atoms with van der Waals surface area (Å²) in [6, 6.07) is 14.3. The van der Waals surface area contributed by atoms with E-state index in [-0.39, 0.29) is 36.4 Å². The van der Waals surface area contributed by atoms with Crippen LogP contribution < -0.4 is 14.4 Å². The molecule has 1 heterocycles. The van der Waals surface area contributed by atoms with E-state index in [1.54, 1.807) is 43.5 Å². The van der Waals surface area contributed by atoms with Crippen molar-refractivity contribution in [2.24, 2.45) is 11.8 Å². The second kappa shape index (κ2) is 7.11. The fourth-order valence-electron chi connectivity index (χ4n) is 4.36. The minimum atomic E-state index is -0.618. The largest absolute Gasteiger partial charge is 0.493 e. The van der Waals surface area contributed by atoms with E-state index in [9.17, 15) is 14.4 Å². The number of rotatable bonds is 4. The molecule has 2 aromatic carbocycles. The average Bonchev–Trinajstić information content (AvgIpc) is 2.97. The molecule has 0 spiro atoms. The van der Waals surface area contributed by atoms with Crippen LogP contribution in [0.15, 0.2) is 48.5 Å². The van der Waals surface area contributed by atoms with Crippen molar-refractivity contribution in [3.8, 4) is 11.5 Å². The van der Waals surface area contributed by atoms with Crippen molar-refractivity contribution in [2.75, 3.05) is 19.1 Å². The molecule has 0 bridgehead atoms. The van der Waals surface area contributed by atoms with Crippen LogP contribution in [0.3, 0.4) is 0 Å². The van der Waals surface area contributed by atoms with Gasteiger partial charge in [0.15, 0.2) is 11.5 Å². The molecule has 3 atom stereocenters. The third-order valence-corrected chi connectivity index (χ3v) is 5.66. The third kappa shape index (κ3) is 2.85. The van der Waals surface area contributed by atoms with E-state index >= 15 is 0 Å². The van der Waals surface area contributed by atoms with Crippen LogP contribution in [0.5, 0.6) is 11.5 Å². The number of ketones is 1. The van der Waals surface area contributed by atoms with Crippen molar-refractivity contribution >= 4 is 23.3 Å². The number of anilines is 1. The van der Waals surface area contributed by atoms with Crippen LogP contribution >= 0.6 is 0 Å². The number of para-hydroxylation sites is 1. The Hall–Kier alpha value is -3.15. The summed E-state index contributed by atoms with van der Waals surface area (Å²) in [6.07, 6.45) is 0.348. The number of fused-ring (bicyclic) bond motifs is 1. The second-order valence-corrected chi connectivity index (χ2v) is 7.15. The lowest BCUT2D eigenvalue weighted by molar-refractivity contribution is -0.130. The molecular weight excluding hydrogens is 358 g/mol. The number of amides is 2. The standard InChI is InChI=1S/C22H21NO5/c1-27-18-9-8-13(10-19(18)28-2)16-11-15(24)12-17-20(16)22(26)23(21(17)25)14-6-4-3-5-7-14/h3-10,16-17,20H,11-12H2,1-2H3/t16-,17-,20+/m1/s1. The van der Waals surface area contributed by atoms with Gasteiger partial charge in [0.25, 0.3) is 0 Å². The van der Waals surface area contributed by atoms with Gasteiger partial charge in [-0.15, -0.1) is 0 Å². The molecule has 6 heteroatoms. The summed E-state index contributed by atoms with van der Waals surface area (Å²) in [5.74, 6) is -0.965. The number of nitrogens with zero attached hydrogens (tertiary/aromatic N) is 1. The fraction of sp³-hybridized carbons (Fsp3) is 0.318. The molecule has 2 amide bonds. The number of carbonyl (C=O) groups is 3. The summed E-state index contributed by atoms with van der Waals surface area (Å²) in [7, 11) is 3.09. The lowest BCUT2D eigenvalue weighted by atomic mass is 9.70. The molecule has 4 rings (SSSR count). The SMILES string of the molecule is COc1ccc([C@H]2CC(=O)C[C@H]3C(=O)N(c4ccccc4)C(=O)[C@@H]23)cc1OC. The van der Waals surface area contributed by atoms with Crippen molar-refractivity contribution in [1.82, 2.24) is 0 Å². The Morgan fingerprint density at radius 3 is 2.18 bits per heavy atom. The van der Waals surface area contributed by atoms with Crippen LogP contribution in [0.2, 0.25) is 0 Å². The second-order valence-electron chi connectivity index (χ2n) is 7.15. The van der Waals surface area contributed by atoms with E-state index in [1.165, 1.54) is 12.0 Å². The minimum Gasteiger partial charge on any atom is -0.493 e. The number of methoxy groups -OCH3 is 2. The average molecular weight is 379 g/mol. The van der Waals surface area contributed by atoms with Gasteiger partial charge < -0.3 is 9.47 Å². The van der Waals surface area contributed by atoms with Crippen LogP contribution in [-0.2, 0) is 14.4 Å². The number of carbonyl (C=O) groups excluding carboxylic acids is 3. The first-order valence-corrected chi connectivity index (χ1v) is 9.21. The van der Waals surface area contributed by atoms with E-state index in [1.807, 2.05) is 12.1 Å². The zero-order valence-electron chi connectivity index (χ0n) is 15.8. The van der Waals surface area contributed by atoms with Crippen LogP contribution in [0.1, 0.15) is 24.3 Å². The summed E-state index contributed by atoms with van der Waals surface area (Å²) in [4.78, 5) is 39.9. The molecule has 0 aromatic heterocycles. The number of hydrogen-bond acceptors (Lipinski definition) is 5. The quantitative estimate of drug-likeness (QED) is 0.764. The van der Waals surface area contributed by atoms with Gasteiger partial charge in [0, 0.05) is 18.8 Å². The molecule has 2 fully saturated rings. The topological polar surface area (TPSA) is 72.9 Å². The van der Waals surface area contributed by atoms with E-state index < -0.39 is 11.8 Å². The minimum absolute atomic E-state index is 0.00269. The summed E-state index contributed by atoms with van der Waals surface area (Å²) < 4.78 is 10.7. The summed E-state index contributed by atoms with van der Waals surface area (Å²) in [5.41, 5.74) is 1.35. The lowest BCUT2D eigenvalue weighted by Gasteiger charge is -2.30. The van der Waals surface area contributed by atoms with Crippen LogP contribution in [0.25, 0.3) is 0 Å². The van der Waals surface area contributed by atoms with Crippen molar-refractivity contribution < 1.29 is 23.9 Å². The van der Waals surface area contributed by atoms with Gasteiger partial charge in [-0.1, -0.05) is 24.3 Å². The molecule has 1 saturated heterocycles. The van der Waals surface area contributed by atoms with Crippen molar-refractivity contribution in [1.29, 1.82) is 0 Å². The predicted octanol–water partition coefficient (Wildman–Crippen LogP) is 2.96. The molecule has 0 unspecified atom stereocenters. The Morgan fingerprint density at radius 2 is 1.50 bits per heavy atom. The molecule has 1 saturated carbocycles. The molecule has 144 valence electrons. The molecule has 28 heavy (non-hydrogen) atoms. The Morgan fingerprint density at radius 1 is 0.821 bits per heavy atom. The number of benzene rings is 2. The van der Waals surface area contributed by atoms with Gasteiger partial charge in [-0.25, -0.2) is 0 Å². The molecule has 2 aliphatic rings. The third-order valence-electron chi connectivity index (χ3n) is 5.66. The van der Waals surface area contributed by atoms with Crippen LogP contribution in [-0.4, -0.2) is 31.8 Å². The molecule has 2 aromatic rings. The molecule has 0 radical (unpaired) electrons. The maximum Gasteiger partial charge on any atom is 0.238 e. The highest BCUT2D eigenvalue weighted by Crippen LogP contribution is 2.47. The van der Waals surface area contributed by atoms with E-state index in [0.717, 1.165) is 5.56 Å². The van der Waals surface area contributed by atoms with E-state index in [0.29, 0.717) is 17.2 Å². The molecule has 6 nitrogen and oxygen atoms in total. The Labute approximate surface area is 163 Å². The van der Waals surface area contributed by atoms with Crippen molar-refractivity contribution in [3.63, 3.8) is 0 Å². The zero-order valence-corrected chi connectivity index (χ0v) is 15.8. The first-order valence-electron chi connectivity index (χ1n) is 9.21. The van der Waals surface area contributed by atoms with Gasteiger partial charge in [-0.3, -0.25) is 19.3 Å². The fourth-order valence-corrected chi connectivity index (χ4v) is 4.36. The summed E-state index contributed by atoms with van der Waals surface area (Å²) in [5, 5.41) is 0. The maximum absolute atomic E-state index is 13.3. The molecular formula is C22H21NO5. The van der Waals surface area contributed by atoms with Gasteiger partial charge in [0.05, 0.1) is 31.7 Å². The predicted molar refractivity (Wildman–Crippen MR) is 102 cm³/mol. The van der Waals surface area contributed by atoms with Crippen molar-refractivity contribution in [3.05, 3.63) is 54.1 Å². The Bertz CT molecular complexity index is 939. The van der Waals surface area contributed by atoms with Gasteiger partial charge in [0.1, 0.15) is 5.78 Å². The van der Waals surface area contributed by atoms with Crippen molar-refractivity contribution in [2.45, 2.75) is 18.8 Å². The van der Waals surface area contributed by atoms with Gasteiger partial charge >= 0.3 is 0 Å².